The SMILES string of the molecule is CCOc1c(C)nc2c(c1C)CN(CC(=O)c1ccc(OC(C)C(=O)O)c(C(C)(C)C)c1)C2=N.O=C(O)C(F)(F)F. The first-order valence-electron chi connectivity index (χ1n) is 12.6. The Morgan fingerprint density at radius 1 is 1.15 bits per heavy atom. The van der Waals surface area contributed by atoms with Crippen molar-refractivity contribution in [1.29, 1.82) is 5.41 Å². The summed E-state index contributed by atoms with van der Waals surface area (Å²) in [5.41, 5.74) is 4.06. The van der Waals surface area contributed by atoms with Crippen molar-refractivity contribution in [1.82, 2.24) is 9.88 Å². The van der Waals surface area contributed by atoms with E-state index in [0.29, 0.717) is 30.2 Å². The number of benzene rings is 1. The minimum Gasteiger partial charge on any atom is -0.492 e. The van der Waals surface area contributed by atoms with Crippen LogP contribution in [-0.4, -0.2) is 69.1 Å². The molecule has 0 saturated heterocycles. The lowest BCUT2D eigenvalue weighted by atomic mass is 9.85. The molecule has 41 heavy (non-hydrogen) atoms. The predicted molar refractivity (Wildman–Crippen MR) is 143 cm³/mol. The Labute approximate surface area is 235 Å². The van der Waals surface area contributed by atoms with Crippen molar-refractivity contribution >= 4 is 23.6 Å². The Bertz CT molecular complexity index is 1350. The van der Waals surface area contributed by atoms with E-state index in [0.717, 1.165) is 28.1 Å². The predicted octanol–water partition coefficient (Wildman–Crippen LogP) is 4.90. The molecule has 1 unspecified atom stereocenters. The second kappa shape index (κ2) is 12.6. The van der Waals surface area contributed by atoms with Crippen molar-refractivity contribution in [2.45, 2.75) is 72.7 Å². The Hall–Kier alpha value is -4.16. The van der Waals surface area contributed by atoms with Gasteiger partial charge in [-0.25, -0.2) is 14.6 Å². The summed E-state index contributed by atoms with van der Waals surface area (Å²) < 4.78 is 43.1. The number of amidine groups is 1. The van der Waals surface area contributed by atoms with Crippen LogP contribution in [0.25, 0.3) is 0 Å². The van der Waals surface area contributed by atoms with Crippen LogP contribution in [0.2, 0.25) is 0 Å². The van der Waals surface area contributed by atoms with Gasteiger partial charge in [0.15, 0.2) is 11.9 Å². The van der Waals surface area contributed by atoms with Gasteiger partial charge in [-0.05, 0) is 51.3 Å². The number of fused-ring (bicyclic) bond motifs is 1. The molecule has 13 heteroatoms. The highest BCUT2D eigenvalue weighted by Gasteiger charge is 2.38. The number of ketones is 1. The van der Waals surface area contributed by atoms with Gasteiger partial charge >= 0.3 is 18.1 Å². The monoisotopic (exact) mass is 581 g/mol. The Balaban J connectivity index is 0.000000745. The summed E-state index contributed by atoms with van der Waals surface area (Å²) in [6.07, 6.45) is -6.09. The standard InChI is InChI=1S/C26H33N3O5.C2HF3O2/c1-8-33-23-14(2)18-12-29(24(27)22(18)28-15(23)3)13-20(30)17-9-10-21(34-16(4)25(31)32)19(11-17)26(5,6)7;3-2(4,5)1(6)7/h9-11,16,27H,8,12-13H2,1-7H3,(H,31,32);(H,6,7). The van der Waals surface area contributed by atoms with E-state index in [9.17, 15) is 27.9 Å². The molecule has 1 aliphatic rings. The van der Waals surface area contributed by atoms with Gasteiger partial charge in [0.1, 0.15) is 23.0 Å². The fraction of sp³-hybridized carbons (Fsp3) is 0.464. The molecule has 0 saturated carbocycles. The van der Waals surface area contributed by atoms with Gasteiger partial charge in [-0.15, -0.1) is 0 Å². The molecule has 10 nitrogen and oxygen atoms in total. The highest BCUT2D eigenvalue weighted by atomic mass is 19.4. The van der Waals surface area contributed by atoms with Gasteiger partial charge < -0.3 is 24.6 Å². The highest BCUT2D eigenvalue weighted by molar-refractivity contribution is 6.04. The fourth-order valence-electron chi connectivity index (χ4n) is 4.07. The molecule has 2 aromatic rings. The van der Waals surface area contributed by atoms with Gasteiger partial charge in [-0.2, -0.15) is 13.2 Å². The van der Waals surface area contributed by atoms with Gasteiger partial charge in [0.25, 0.3) is 0 Å². The summed E-state index contributed by atoms with van der Waals surface area (Å²) in [4.78, 5) is 39.7. The topological polar surface area (TPSA) is 150 Å². The minimum atomic E-state index is -5.08. The van der Waals surface area contributed by atoms with Crippen LogP contribution in [0.5, 0.6) is 11.5 Å². The molecule has 3 rings (SSSR count). The van der Waals surface area contributed by atoms with E-state index in [1.807, 2.05) is 41.5 Å². The number of aliphatic carboxylic acids is 2. The smallest absolute Gasteiger partial charge is 0.490 e. The quantitative estimate of drug-likeness (QED) is 0.370. The third-order valence-corrected chi connectivity index (χ3v) is 6.20. The second-order valence-corrected chi connectivity index (χ2v) is 10.4. The van der Waals surface area contributed by atoms with Crippen molar-refractivity contribution in [3.05, 3.63) is 51.8 Å². The van der Waals surface area contributed by atoms with E-state index < -0.39 is 24.2 Å². The number of aromatic nitrogens is 1. The first-order valence-corrected chi connectivity index (χ1v) is 12.6. The number of aryl methyl sites for hydroxylation is 1. The first kappa shape index (κ1) is 33.0. The first-order chi connectivity index (χ1) is 18.8. The Morgan fingerprint density at radius 2 is 1.73 bits per heavy atom. The van der Waals surface area contributed by atoms with Crippen LogP contribution in [0.1, 0.15) is 73.1 Å². The summed E-state index contributed by atoms with van der Waals surface area (Å²) in [5.74, 6) is -2.54. The molecule has 3 N–H and O–H groups in total. The number of ether oxygens (including phenoxy) is 2. The van der Waals surface area contributed by atoms with E-state index in [4.69, 9.17) is 24.8 Å². The molecule has 0 bridgehead atoms. The molecular weight excluding hydrogens is 547 g/mol. The number of hydrogen-bond acceptors (Lipinski definition) is 7. The number of alkyl halides is 3. The normalized spacial score (nSPS) is 13.6. The zero-order chi connectivity index (χ0) is 31.4. The molecule has 0 spiro atoms. The molecule has 0 fully saturated rings. The molecule has 0 amide bonds. The number of carbonyl (C=O) groups excluding carboxylic acids is 1. The highest BCUT2D eigenvalue weighted by Crippen LogP contribution is 2.35. The summed E-state index contributed by atoms with van der Waals surface area (Å²) in [7, 11) is 0. The van der Waals surface area contributed by atoms with Crippen molar-refractivity contribution in [3.8, 4) is 11.5 Å². The number of Topliss-reactive ketones (excluding diaryl/α,β-unsaturated/α-hetero) is 1. The molecular formula is C28H34F3N3O7. The van der Waals surface area contributed by atoms with Crippen LogP contribution in [0.3, 0.4) is 0 Å². The number of halogens is 3. The molecule has 1 aromatic heterocycles. The minimum absolute atomic E-state index is 0.0347. The number of carboxylic acid groups (broad SMARTS) is 2. The summed E-state index contributed by atoms with van der Waals surface area (Å²) >= 11 is 0. The van der Waals surface area contributed by atoms with Gasteiger partial charge in [0.05, 0.1) is 18.8 Å². The third kappa shape index (κ3) is 7.95. The summed E-state index contributed by atoms with van der Waals surface area (Å²) in [6.45, 7) is 14.1. The zero-order valence-corrected chi connectivity index (χ0v) is 23.9. The maximum absolute atomic E-state index is 13.2. The van der Waals surface area contributed by atoms with Gasteiger partial charge in [-0.1, -0.05) is 20.8 Å². The fourth-order valence-corrected chi connectivity index (χ4v) is 4.07. The van der Waals surface area contributed by atoms with E-state index in [-0.39, 0.29) is 23.6 Å². The molecule has 1 atom stereocenters. The van der Waals surface area contributed by atoms with Crippen LogP contribution in [0.15, 0.2) is 18.2 Å². The van der Waals surface area contributed by atoms with E-state index in [1.54, 1.807) is 23.1 Å². The Morgan fingerprint density at radius 3 is 2.22 bits per heavy atom. The van der Waals surface area contributed by atoms with Crippen LogP contribution in [0.4, 0.5) is 13.2 Å². The van der Waals surface area contributed by atoms with Crippen LogP contribution < -0.4 is 9.47 Å². The van der Waals surface area contributed by atoms with Gasteiger partial charge in [0.2, 0.25) is 0 Å². The zero-order valence-electron chi connectivity index (χ0n) is 23.9. The molecule has 224 valence electrons. The lowest BCUT2D eigenvalue weighted by molar-refractivity contribution is -0.192. The Kier molecular flexibility index (Phi) is 10.1. The van der Waals surface area contributed by atoms with E-state index in [2.05, 4.69) is 4.98 Å². The number of pyridine rings is 1. The van der Waals surface area contributed by atoms with Crippen molar-refractivity contribution in [2.24, 2.45) is 0 Å². The number of nitrogens with zero attached hydrogens (tertiary/aromatic N) is 2. The molecule has 1 aromatic carbocycles. The number of rotatable bonds is 8. The third-order valence-electron chi connectivity index (χ3n) is 6.20. The van der Waals surface area contributed by atoms with Crippen molar-refractivity contribution in [2.75, 3.05) is 13.2 Å². The average molecular weight is 582 g/mol. The maximum Gasteiger partial charge on any atom is 0.490 e. The maximum atomic E-state index is 13.2. The number of carbonyl (C=O) groups is 3. The molecule has 2 heterocycles. The van der Waals surface area contributed by atoms with E-state index >= 15 is 0 Å². The van der Waals surface area contributed by atoms with E-state index in [1.165, 1.54) is 6.92 Å². The number of nitrogens with one attached hydrogen (secondary N) is 1. The number of hydrogen-bond donors (Lipinski definition) is 3. The largest absolute Gasteiger partial charge is 0.492 e. The summed E-state index contributed by atoms with van der Waals surface area (Å²) in [6, 6.07) is 5.07. The number of carboxylic acids is 2. The van der Waals surface area contributed by atoms with Crippen LogP contribution in [0, 0.1) is 19.3 Å². The van der Waals surface area contributed by atoms with Crippen LogP contribution >= 0.6 is 0 Å². The molecule has 0 radical (unpaired) electrons. The van der Waals surface area contributed by atoms with Crippen LogP contribution in [-0.2, 0) is 21.5 Å². The van der Waals surface area contributed by atoms with Crippen molar-refractivity contribution < 1.29 is 47.2 Å². The van der Waals surface area contributed by atoms with Gasteiger partial charge in [-0.3, -0.25) is 10.2 Å². The molecule has 1 aliphatic heterocycles. The second-order valence-electron chi connectivity index (χ2n) is 10.4. The lowest BCUT2D eigenvalue weighted by Gasteiger charge is -2.25. The lowest BCUT2D eigenvalue weighted by Crippen LogP contribution is -2.31. The summed E-state index contributed by atoms with van der Waals surface area (Å²) in [5, 5.41) is 24.9. The average Bonchev–Trinajstić information content (AvgIpc) is 3.16. The van der Waals surface area contributed by atoms with Gasteiger partial charge in [0, 0.05) is 28.8 Å². The molecule has 0 aliphatic carbocycles. The van der Waals surface area contributed by atoms with Crippen molar-refractivity contribution in [3.63, 3.8) is 0 Å².